The van der Waals surface area contributed by atoms with Gasteiger partial charge >= 0.3 is 11.9 Å². The predicted molar refractivity (Wildman–Crippen MR) is 110 cm³/mol. The molecule has 7 heteroatoms. The van der Waals surface area contributed by atoms with E-state index in [2.05, 4.69) is 0 Å². The lowest BCUT2D eigenvalue weighted by molar-refractivity contribution is 0.0587. The number of methoxy groups -OCH3 is 4. The molecular formula is C23H22O7. The summed E-state index contributed by atoms with van der Waals surface area (Å²) >= 11 is 0. The number of hydrogen-bond acceptors (Lipinski definition) is 7. The van der Waals surface area contributed by atoms with Crippen LogP contribution in [0.4, 0.5) is 0 Å². The van der Waals surface area contributed by atoms with Crippen LogP contribution in [-0.2, 0) is 15.9 Å². The van der Waals surface area contributed by atoms with E-state index in [1.54, 1.807) is 18.2 Å². The third kappa shape index (κ3) is 4.15. The molecule has 0 saturated carbocycles. The van der Waals surface area contributed by atoms with Crippen LogP contribution in [0.2, 0.25) is 0 Å². The number of rotatable bonds is 6. The number of hydrogen-bond donors (Lipinski definition) is 0. The van der Waals surface area contributed by atoms with E-state index < -0.39 is 5.97 Å². The number of carbonyl (C=O) groups is 2. The Hall–Kier alpha value is -3.74. The van der Waals surface area contributed by atoms with Crippen LogP contribution in [0, 0.1) is 0 Å². The SMILES string of the molecule is COC(=O)c1ccc(/C=C/C2=CCc3c(cc(OC)c(C(=O)OC)c3OC)O2)cc1. The molecule has 0 N–H and O–H groups in total. The van der Waals surface area contributed by atoms with Crippen molar-refractivity contribution in [2.75, 3.05) is 28.4 Å². The minimum absolute atomic E-state index is 0.225. The molecule has 0 saturated heterocycles. The third-order valence-electron chi connectivity index (χ3n) is 4.63. The molecule has 7 nitrogen and oxygen atoms in total. The number of allylic oxidation sites excluding steroid dienone is 2. The third-order valence-corrected chi connectivity index (χ3v) is 4.63. The Morgan fingerprint density at radius 1 is 0.933 bits per heavy atom. The van der Waals surface area contributed by atoms with Crippen molar-refractivity contribution in [2.24, 2.45) is 0 Å². The molecule has 0 amide bonds. The van der Waals surface area contributed by atoms with Gasteiger partial charge in [0.25, 0.3) is 0 Å². The topological polar surface area (TPSA) is 80.3 Å². The Bertz CT molecular complexity index is 1020. The van der Waals surface area contributed by atoms with Crippen LogP contribution in [0.1, 0.15) is 31.8 Å². The van der Waals surface area contributed by atoms with Crippen molar-refractivity contribution >= 4 is 18.0 Å². The fraction of sp³-hybridized carbons (Fsp3) is 0.217. The number of ether oxygens (including phenoxy) is 5. The lowest BCUT2D eigenvalue weighted by atomic mass is 10.0. The van der Waals surface area contributed by atoms with Crippen LogP contribution in [0.3, 0.4) is 0 Å². The summed E-state index contributed by atoms with van der Waals surface area (Å²) < 4.78 is 26.3. The zero-order valence-corrected chi connectivity index (χ0v) is 17.2. The lowest BCUT2D eigenvalue weighted by Crippen LogP contribution is -2.12. The molecule has 0 spiro atoms. The van der Waals surface area contributed by atoms with Crippen molar-refractivity contribution in [1.82, 2.24) is 0 Å². The minimum Gasteiger partial charge on any atom is -0.496 e. The summed E-state index contributed by atoms with van der Waals surface area (Å²) in [6, 6.07) is 8.67. The van der Waals surface area contributed by atoms with Gasteiger partial charge in [0.05, 0.1) is 34.0 Å². The molecule has 2 aromatic rings. The smallest absolute Gasteiger partial charge is 0.345 e. The van der Waals surface area contributed by atoms with Gasteiger partial charge in [0.2, 0.25) is 0 Å². The maximum atomic E-state index is 12.2. The van der Waals surface area contributed by atoms with Crippen molar-refractivity contribution in [3.05, 3.63) is 70.5 Å². The molecule has 30 heavy (non-hydrogen) atoms. The highest BCUT2D eigenvalue weighted by atomic mass is 16.5. The molecule has 0 radical (unpaired) electrons. The summed E-state index contributed by atoms with van der Waals surface area (Å²) in [5.74, 6) is 0.926. The second kappa shape index (κ2) is 9.17. The summed E-state index contributed by atoms with van der Waals surface area (Å²) in [7, 11) is 5.60. The van der Waals surface area contributed by atoms with Crippen LogP contribution >= 0.6 is 0 Å². The van der Waals surface area contributed by atoms with Crippen molar-refractivity contribution < 1.29 is 33.3 Å². The predicted octanol–water partition coefficient (Wildman–Crippen LogP) is 3.81. The van der Waals surface area contributed by atoms with Gasteiger partial charge in [-0.05, 0) is 29.8 Å². The average molecular weight is 410 g/mol. The number of carbonyl (C=O) groups excluding carboxylic acids is 2. The summed E-state index contributed by atoms with van der Waals surface area (Å²) in [6.45, 7) is 0. The molecule has 0 aromatic heterocycles. The van der Waals surface area contributed by atoms with E-state index in [9.17, 15) is 9.59 Å². The van der Waals surface area contributed by atoms with Crippen molar-refractivity contribution in [3.63, 3.8) is 0 Å². The molecule has 0 atom stereocenters. The Morgan fingerprint density at radius 2 is 1.63 bits per heavy atom. The van der Waals surface area contributed by atoms with Crippen LogP contribution in [0.15, 0.2) is 48.2 Å². The number of fused-ring (bicyclic) bond motifs is 1. The molecule has 0 unspecified atom stereocenters. The van der Waals surface area contributed by atoms with Crippen molar-refractivity contribution in [1.29, 1.82) is 0 Å². The quantitative estimate of drug-likeness (QED) is 0.670. The van der Waals surface area contributed by atoms with Crippen molar-refractivity contribution in [2.45, 2.75) is 6.42 Å². The van der Waals surface area contributed by atoms with Gasteiger partial charge in [0, 0.05) is 18.1 Å². The number of esters is 2. The Labute approximate surface area is 174 Å². The Morgan fingerprint density at radius 3 is 2.23 bits per heavy atom. The van der Waals surface area contributed by atoms with E-state index in [1.807, 2.05) is 30.4 Å². The van der Waals surface area contributed by atoms with Gasteiger partial charge in [-0.2, -0.15) is 0 Å². The second-order valence-electron chi connectivity index (χ2n) is 6.31. The number of benzene rings is 2. The standard InChI is InChI=1S/C23H22O7/c1-26-19-13-18-17(21(27-2)20(19)23(25)29-4)12-11-16(30-18)10-7-14-5-8-15(9-6-14)22(24)28-3/h5-11,13H,12H2,1-4H3/b10-7+. The summed E-state index contributed by atoms with van der Waals surface area (Å²) in [5.41, 5.74) is 2.34. The molecule has 1 heterocycles. The van der Waals surface area contributed by atoms with E-state index in [0.717, 1.165) is 11.1 Å². The Kier molecular flexibility index (Phi) is 6.41. The fourth-order valence-corrected chi connectivity index (χ4v) is 3.12. The fourth-order valence-electron chi connectivity index (χ4n) is 3.12. The van der Waals surface area contributed by atoms with Crippen molar-refractivity contribution in [3.8, 4) is 17.2 Å². The first-order chi connectivity index (χ1) is 14.5. The van der Waals surface area contributed by atoms with Gasteiger partial charge in [-0.3, -0.25) is 0 Å². The molecule has 1 aliphatic heterocycles. The molecule has 2 aromatic carbocycles. The van der Waals surface area contributed by atoms with E-state index in [0.29, 0.717) is 35.0 Å². The Balaban J connectivity index is 1.85. The average Bonchev–Trinajstić information content (AvgIpc) is 2.80. The maximum absolute atomic E-state index is 12.2. The van der Waals surface area contributed by atoms with E-state index in [-0.39, 0.29) is 11.5 Å². The summed E-state index contributed by atoms with van der Waals surface area (Å²) in [5, 5.41) is 0. The van der Waals surface area contributed by atoms with Gasteiger partial charge in [0.1, 0.15) is 28.6 Å². The van der Waals surface area contributed by atoms with Crippen LogP contribution in [0.5, 0.6) is 17.2 Å². The second-order valence-corrected chi connectivity index (χ2v) is 6.31. The summed E-state index contributed by atoms with van der Waals surface area (Å²) in [6.07, 6.45) is 6.09. The van der Waals surface area contributed by atoms with Gasteiger partial charge in [-0.15, -0.1) is 0 Å². The monoisotopic (exact) mass is 410 g/mol. The van der Waals surface area contributed by atoms with E-state index in [4.69, 9.17) is 23.7 Å². The van der Waals surface area contributed by atoms with Gasteiger partial charge in [-0.1, -0.05) is 18.2 Å². The molecule has 1 aliphatic rings. The summed E-state index contributed by atoms with van der Waals surface area (Å²) in [4.78, 5) is 23.7. The molecule has 0 bridgehead atoms. The zero-order chi connectivity index (χ0) is 21.7. The lowest BCUT2D eigenvalue weighted by Gasteiger charge is -2.22. The van der Waals surface area contributed by atoms with E-state index in [1.165, 1.54) is 28.4 Å². The first-order valence-corrected chi connectivity index (χ1v) is 9.13. The van der Waals surface area contributed by atoms with E-state index >= 15 is 0 Å². The highest BCUT2D eigenvalue weighted by molar-refractivity contribution is 5.97. The molecule has 156 valence electrons. The van der Waals surface area contributed by atoms with Gasteiger partial charge in [-0.25, -0.2) is 9.59 Å². The first kappa shape index (κ1) is 21.0. The molecular weight excluding hydrogens is 388 g/mol. The highest BCUT2D eigenvalue weighted by Crippen LogP contribution is 2.42. The van der Waals surface area contributed by atoms with Crippen LogP contribution in [0.25, 0.3) is 6.08 Å². The zero-order valence-electron chi connectivity index (χ0n) is 17.2. The minimum atomic E-state index is -0.545. The van der Waals surface area contributed by atoms with Crippen LogP contribution < -0.4 is 14.2 Å². The molecule has 0 aliphatic carbocycles. The largest absolute Gasteiger partial charge is 0.496 e. The van der Waals surface area contributed by atoms with Gasteiger partial charge < -0.3 is 23.7 Å². The molecule has 0 fully saturated rings. The maximum Gasteiger partial charge on any atom is 0.345 e. The normalized spacial score (nSPS) is 12.5. The van der Waals surface area contributed by atoms with Crippen LogP contribution in [-0.4, -0.2) is 40.4 Å². The highest BCUT2D eigenvalue weighted by Gasteiger charge is 2.27. The van der Waals surface area contributed by atoms with Gasteiger partial charge in [0.15, 0.2) is 0 Å². The first-order valence-electron chi connectivity index (χ1n) is 9.13. The molecule has 3 rings (SSSR count).